The quantitative estimate of drug-likeness (QED) is 0.229. The second kappa shape index (κ2) is 14.4. The number of ether oxygens (including phenoxy) is 2. The van der Waals surface area contributed by atoms with Gasteiger partial charge in [-0.15, -0.1) is 11.3 Å². The highest BCUT2D eigenvalue weighted by Gasteiger charge is 2.51. The van der Waals surface area contributed by atoms with Crippen LogP contribution in [0.2, 0.25) is 0 Å². The molecule has 0 radical (unpaired) electrons. The fourth-order valence-corrected chi connectivity index (χ4v) is 9.26. The van der Waals surface area contributed by atoms with E-state index in [1.807, 2.05) is 30.3 Å². The average Bonchev–Trinajstić information content (AvgIpc) is 3.62. The van der Waals surface area contributed by atoms with Crippen molar-refractivity contribution in [2.45, 2.75) is 122 Å². The van der Waals surface area contributed by atoms with E-state index in [2.05, 4.69) is 57.3 Å². The summed E-state index contributed by atoms with van der Waals surface area (Å²) in [7, 11) is 1.74. The summed E-state index contributed by atoms with van der Waals surface area (Å²) in [4.78, 5) is 39.5. The summed E-state index contributed by atoms with van der Waals surface area (Å²) in [6, 6.07) is 10.9. The Morgan fingerprint density at radius 3 is 2.33 bits per heavy atom. The van der Waals surface area contributed by atoms with E-state index in [-0.39, 0.29) is 40.3 Å². The van der Waals surface area contributed by atoms with Gasteiger partial charge in [0.25, 0.3) is 0 Å². The Kier molecular flexibility index (Phi) is 10.4. The van der Waals surface area contributed by atoms with Gasteiger partial charge >= 0.3 is 6.09 Å². The van der Waals surface area contributed by atoms with Crippen LogP contribution in [-0.2, 0) is 20.4 Å². The molecular formula is C40H54N4O4S. The molecule has 0 aliphatic heterocycles. The van der Waals surface area contributed by atoms with Gasteiger partial charge in [-0.2, -0.15) is 0 Å². The lowest BCUT2D eigenvalue weighted by molar-refractivity contribution is -0.124. The number of pyridine rings is 1. The van der Waals surface area contributed by atoms with Gasteiger partial charge in [0.05, 0.1) is 17.0 Å². The van der Waals surface area contributed by atoms with Gasteiger partial charge in [0.15, 0.2) is 0 Å². The lowest BCUT2D eigenvalue weighted by Gasteiger charge is -2.55. The lowest BCUT2D eigenvalue weighted by atomic mass is 9.51. The van der Waals surface area contributed by atoms with Gasteiger partial charge in [-0.05, 0) is 123 Å². The van der Waals surface area contributed by atoms with Crippen molar-refractivity contribution in [3.63, 3.8) is 0 Å². The molecule has 2 bridgehead atoms. The number of benzene rings is 1. The van der Waals surface area contributed by atoms with Crippen molar-refractivity contribution in [3.05, 3.63) is 58.9 Å². The number of alkyl carbamates (subject to hydrolysis) is 1. The van der Waals surface area contributed by atoms with Crippen molar-refractivity contribution >= 4 is 29.2 Å². The first kappa shape index (κ1) is 35.4. The first-order valence-electron chi connectivity index (χ1n) is 18.3. The van der Waals surface area contributed by atoms with Gasteiger partial charge in [-0.25, -0.2) is 14.8 Å². The first-order chi connectivity index (χ1) is 23.4. The number of aryl methyl sites for hydroxylation is 1. The minimum atomic E-state index is -0.355. The van der Waals surface area contributed by atoms with Crippen molar-refractivity contribution in [3.8, 4) is 16.2 Å². The molecule has 4 fully saturated rings. The fourth-order valence-electron chi connectivity index (χ4n) is 8.29. The maximum absolute atomic E-state index is 14.6. The molecule has 49 heavy (non-hydrogen) atoms. The second-order valence-corrected chi connectivity index (χ2v) is 16.9. The Morgan fingerprint density at radius 1 is 1.00 bits per heavy atom. The van der Waals surface area contributed by atoms with Gasteiger partial charge < -0.3 is 14.8 Å². The van der Waals surface area contributed by atoms with E-state index in [4.69, 9.17) is 19.4 Å². The highest BCUT2D eigenvalue weighted by Crippen LogP contribution is 2.58. The van der Waals surface area contributed by atoms with E-state index in [0.717, 1.165) is 72.0 Å². The van der Waals surface area contributed by atoms with Crippen molar-refractivity contribution in [2.24, 2.45) is 11.3 Å². The maximum atomic E-state index is 14.6. The molecule has 0 spiro atoms. The van der Waals surface area contributed by atoms with Gasteiger partial charge in [0.1, 0.15) is 17.7 Å². The van der Waals surface area contributed by atoms with Gasteiger partial charge in [-0.3, -0.25) is 9.69 Å². The molecule has 7 rings (SSSR count). The van der Waals surface area contributed by atoms with E-state index < -0.39 is 0 Å². The molecule has 0 saturated heterocycles. The van der Waals surface area contributed by atoms with Crippen molar-refractivity contribution in [1.29, 1.82) is 0 Å². The number of amides is 2. The fraction of sp³-hybridized carbons (Fsp3) is 0.600. The minimum Gasteiger partial charge on any atom is -0.496 e. The minimum absolute atomic E-state index is 0.0269. The molecule has 0 unspecified atom stereocenters. The summed E-state index contributed by atoms with van der Waals surface area (Å²) >= 11 is 1.71. The van der Waals surface area contributed by atoms with Crippen LogP contribution in [0.3, 0.4) is 0 Å². The summed E-state index contributed by atoms with van der Waals surface area (Å²) in [6.45, 7) is 12.0. The number of carbonyl (C=O) groups is 2. The predicted octanol–water partition coefficient (Wildman–Crippen LogP) is 9.14. The summed E-state index contributed by atoms with van der Waals surface area (Å²) < 4.78 is 11.2. The molecule has 8 nitrogen and oxygen atoms in total. The third-order valence-corrected chi connectivity index (χ3v) is 12.9. The summed E-state index contributed by atoms with van der Waals surface area (Å²) in [5, 5.41) is 3.90. The summed E-state index contributed by atoms with van der Waals surface area (Å²) in [5.41, 5.74) is 3.91. The van der Waals surface area contributed by atoms with E-state index in [1.54, 1.807) is 18.4 Å². The molecule has 1 aromatic carbocycles. The monoisotopic (exact) mass is 686 g/mol. The zero-order chi connectivity index (χ0) is 34.8. The molecule has 2 aromatic heterocycles. The second-order valence-electron chi connectivity index (χ2n) is 15.9. The van der Waals surface area contributed by atoms with Crippen molar-refractivity contribution < 1.29 is 19.1 Å². The number of hydrogen-bond donors (Lipinski definition) is 1. The van der Waals surface area contributed by atoms with Crippen LogP contribution < -0.4 is 15.0 Å². The van der Waals surface area contributed by atoms with Crippen molar-refractivity contribution in [2.75, 3.05) is 25.1 Å². The van der Waals surface area contributed by atoms with E-state index in [1.165, 1.54) is 11.1 Å². The number of hydrogen-bond acceptors (Lipinski definition) is 7. The molecule has 2 amide bonds. The normalized spacial score (nSPS) is 25.1. The Morgan fingerprint density at radius 2 is 1.71 bits per heavy atom. The summed E-state index contributed by atoms with van der Waals surface area (Å²) in [5.74, 6) is 1.71. The Bertz CT molecular complexity index is 1610. The smallest absolute Gasteiger partial charge is 0.407 e. The number of anilines is 1. The molecule has 3 aromatic rings. The zero-order valence-corrected chi connectivity index (χ0v) is 31.1. The topological polar surface area (TPSA) is 93.7 Å². The Balaban J connectivity index is 1.23. The van der Waals surface area contributed by atoms with Gasteiger partial charge in [0.2, 0.25) is 5.91 Å². The molecule has 2 heterocycles. The number of nitrogens with one attached hydrogen (secondary N) is 1. The molecule has 4 aliphatic carbocycles. The van der Waals surface area contributed by atoms with Crippen LogP contribution in [-0.4, -0.2) is 48.3 Å². The number of aromatic nitrogens is 2. The summed E-state index contributed by atoms with van der Waals surface area (Å²) in [6.07, 6.45) is 13.7. The molecule has 9 heteroatoms. The van der Waals surface area contributed by atoms with Gasteiger partial charge in [0, 0.05) is 36.8 Å². The largest absolute Gasteiger partial charge is 0.496 e. The molecular weight excluding hydrogens is 633 g/mol. The SMILES string of the molecule is CCCNC(=O)O[C@H]1CC[C@H](C(=O)N(CC23CCC(c4ccc(OC)c(C)c4)(CC2)CC3)c2cc(-c3cnc(C(C)(C)C)s3)ccn2)CC1. The molecule has 4 aliphatic rings. The Hall–Kier alpha value is -3.46. The number of carbonyl (C=O) groups excluding carboxylic acids is 2. The van der Waals surface area contributed by atoms with E-state index >= 15 is 0 Å². The number of thiazole rings is 1. The third-order valence-electron chi connectivity index (χ3n) is 11.4. The predicted molar refractivity (Wildman–Crippen MR) is 196 cm³/mol. The highest BCUT2D eigenvalue weighted by molar-refractivity contribution is 7.15. The molecule has 1 N–H and O–H groups in total. The van der Waals surface area contributed by atoms with Crippen LogP contribution in [0.5, 0.6) is 5.75 Å². The number of fused-ring (bicyclic) bond motifs is 3. The zero-order valence-electron chi connectivity index (χ0n) is 30.3. The molecule has 264 valence electrons. The number of rotatable bonds is 10. The molecule has 0 atom stereocenters. The van der Waals surface area contributed by atoms with Crippen LogP contribution in [0, 0.1) is 18.3 Å². The highest BCUT2D eigenvalue weighted by atomic mass is 32.1. The van der Waals surface area contributed by atoms with Crippen LogP contribution >= 0.6 is 11.3 Å². The van der Waals surface area contributed by atoms with Crippen LogP contribution in [0.1, 0.15) is 114 Å². The van der Waals surface area contributed by atoms with E-state index in [9.17, 15) is 9.59 Å². The van der Waals surface area contributed by atoms with E-state index in [0.29, 0.717) is 38.8 Å². The van der Waals surface area contributed by atoms with Crippen LogP contribution in [0.4, 0.5) is 10.6 Å². The average molecular weight is 687 g/mol. The third kappa shape index (κ3) is 7.67. The first-order valence-corrected chi connectivity index (χ1v) is 19.1. The standard InChI is InChI=1S/C40H54N4O4S/c1-7-21-42-37(46)48-31-11-8-28(9-12-31)35(45)44(34-24-29(14-22-41-34)33-25-43-36(49-33)38(3,4)5)26-39-15-18-40(19-16-39,20-17-39)30-10-13-32(47-6)27(2)23-30/h10,13-14,22-25,28,31H,7-9,11-12,15-21,26H2,1-6H3,(H,42,46)/t28-,31-,39?,40?. The van der Waals surface area contributed by atoms with Crippen molar-refractivity contribution in [1.82, 2.24) is 15.3 Å². The maximum Gasteiger partial charge on any atom is 0.407 e. The number of nitrogens with zero attached hydrogens (tertiary/aromatic N) is 3. The van der Waals surface area contributed by atoms with Crippen LogP contribution in [0.15, 0.2) is 42.7 Å². The molecule has 4 saturated carbocycles. The Labute approximate surface area is 296 Å². The van der Waals surface area contributed by atoms with Crippen LogP contribution in [0.25, 0.3) is 10.4 Å². The number of methoxy groups -OCH3 is 1. The van der Waals surface area contributed by atoms with Gasteiger partial charge in [-0.1, -0.05) is 39.8 Å². The lowest BCUT2D eigenvalue weighted by Crippen LogP contribution is -2.52.